The molecule has 1 aliphatic rings. The average Bonchev–Trinajstić information content (AvgIpc) is 3.00. The Balaban J connectivity index is 1.51. The van der Waals surface area contributed by atoms with Gasteiger partial charge in [-0.15, -0.1) is 11.3 Å². The number of aryl methyl sites for hydroxylation is 1. The van der Waals surface area contributed by atoms with Crippen LogP contribution in [0.2, 0.25) is 0 Å². The van der Waals surface area contributed by atoms with Crippen LogP contribution in [0.15, 0.2) is 42.6 Å². The molecule has 0 atom stereocenters. The summed E-state index contributed by atoms with van der Waals surface area (Å²) in [5.41, 5.74) is 2.07. The predicted octanol–water partition coefficient (Wildman–Crippen LogP) is 3.69. The number of benzene rings is 1. The average molecular weight is 353 g/mol. The van der Waals surface area contributed by atoms with Crippen LogP contribution in [0.3, 0.4) is 0 Å². The summed E-state index contributed by atoms with van der Waals surface area (Å²) in [5, 5.41) is 4.04. The molecular weight excluding hydrogens is 334 g/mol. The second-order valence-corrected chi connectivity index (χ2v) is 7.06. The van der Waals surface area contributed by atoms with Gasteiger partial charge in [-0.05, 0) is 36.1 Å². The normalized spacial score (nSPS) is 14.7. The van der Waals surface area contributed by atoms with Crippen LogP contribution in [0, 0.1) is 6.92 Å². The number of anilines is 2. The van der Waals surface area contributed by atoms with Gasteiger partial charge in [-0.25, -0.2) is 4.98 Å². The molecule has 0 radical (unpaired) electrons. The lowest BCUT2D eigenvalue weighted by Gasteiger charge is -2.28. The highest BCUT2D eigenvalue weighted by Gasteiger charge is 2.16. The maximum absolute atomic E-state index is 12.6. The van der Waals surface area contributed by atoms with E-state index in [4.69, 9.17) is 4.74 Å². The monoisotopic (exact) mass is 353 g/mol. The number of morpholine rings is 1. The largest absolute Gasteiger partial charge is 0.378 e. The fraction of sp³-hybridized carbons (Fsp3) is 0.263. The third-order valence-electron chi connectivity index (χ3n) is 4.42. The summed E-state index contributed by atoms with van der Waals surface area (Å²) in [4.78, 5) is 20.0. The molecule has 0 saturated carbocycles. The van der Waals surface area contributed by atoms with Gasteiger partial charge in [0.1, 0.15) is 5.82 Å². The van der Waals surface area contributed by atoms with E-state index >= 15 is 0 Å². The van der Waals surface area contributed by atoms with Gasteiger partial charge in [-0.2, -0.15) is 0 Å². The van der Waals surface area contributed by atoms with Crippen molar-refractivity contribution < 1.29 is 9.53 Å². The van der Waals surface area contributed by atoms with E-state index in [0.29, 0.717) is 5.82 Å². The van der Waals surface area contributed by atoms with Crippen LogP contribution in [0.25, 0.3) is 10.1 Å². The fourth-order valence-corrected chi connectivity index (χ4v) is 4.14. The predicted molar refractivity (Wildman–Crippen MR) is 102 cm³/mol. The van der Waals surface area contributed by atoms with Gasteiger partial charge >= 0.3 is 0 Å². The summed E-state index contributed by atoms with van der Waals surface area (Å²) >= 11 is 1.52. The van der Waals surface area contributed by atoms with Crippen molar-refractivity contribution in [3.05, 3.63) is 53.0 Å². The summed E-state index contributed by atoms with van der Waals surface area (Å²) in [7, 11) is 0. The SMILES string of the molecule is Cc1c(C(=O)Nc2ccc(N3CCOCC3)cn2)sc2ccccc12. The van der Waals surface area contributed by atoms with Crippen molar-refractivity contribution >= 4 is 38.8 Å². The number of pyridine rings is 1. The van der Waals surface area contributed by atoms with E-state index in [1.165, 1.54) is 11.3 Å². The highest BCUT2D eigenvalue weighted by molar-refractivity contribution is 7.21. The van der Waals surface area contributed by atoms with Crippen molar-refractivity contribution in [3.8, 4) is 0 Å². The standard InChI is InChI=1S/C19H19N3O2S/c1-13-15-4-2-3-5-16(15)25-18(13)19(23)21-17-7-6-14(12-20-17)22-8-10-24-11-9-22/h2-7,12H,8-11H2,1H3,(H,20,21,23). The number of hydrogen-bond acceptors (Lipinski definition) is 5. The number of nitrogens with one attached hydrogen (secondary N) is 1. The Morgan fingerprint density at radius 2 is 2.00 bits per heavy atom. The third kappa shape index (κ3) is 3.23. The highest BCUT2D eigenvalue weighted by Crippen LogP contribution is 2.31. The molecule has 6 heteroatoms. The first-order valence-electron chi connectivity index (χ1n) is 8.30. The Bertz CT molecular complexity index is 899. The van der Waals surface area contributed by atoms with E-state index in [0.717, 1.165) is 52.5 Å². The van der Waals surface area contributed by atoms with E-state index < -0.39 is 0 Å². The van der Waals surface area contributed by atoms with E-state index in [2.05, 4.69) is 15.2 Å². The molecule has 0 spiro atoms. The molecule has 1 fully saturated rings. The zero-order valence-corrected chi connectivity index (χ0v) is 14.8. The van der Waals surface area contributed by atoms with Crippen molar-refractivity contribution in [3.63, 3.8) is 0 Å². The lowest BCUT2D eigenvalue weighted by molar-refractivity contribution is 0.102. The number of carbonyl (C=O) groups is 1. The molecule has 1 aliphatic heterocycles. The molecule has 25 heavy (non-hydrogen) atoms. The molecule has 2 aromatic heterocycles. The maximum Gasteiger partial charge on any atom is 0.267 e. The van der Waals surface area contributed by atoms with Gasteiger partial charge in [0, 0.05) is 17.8 Å². The van der Waals surface area contributed by atoms with Crippen LogP contribution >= 0.6 is 11.3 Å². The summed E-state index contributed by atoms with van der Waals surface area (Å²) in [6, 6.07) is 11.9. The molecule has 1 saturated heterocycles. The lowest BCUT2D eigenvalue weighted by Crippen LogP contribution is -2.36. The highest BCUT2D eigenvalue weighted by atomic mass is 32.1. The first-order chi connectivity index (χ1) is 12.2. The Hall–Kier alpha value is -2.44. The molecule has 1 aromatic carbocycles. The summed E-state index contributed by atoms with van der Waals surface area (Å²) in [6.45, 7) is 5.21. The van der Waals surface area contributed by atoms with E-state index in [1.807, 2.05) is 43.3 Å². The maximum atomic E-state index is 12.6. The molecule has 1 amide bonds. The number of amides is 1. The number of nitrogens with zero attached hydrogens (tertiary/aromatic N) is 2. The first kappa shape index (κ1) is 16.1. The van der Waals surface area contributed by atoms with Gasteiger partial charge in [0.2, 0.25) is 0 Å². The number of thiophene rings is 1. The number of fused-ring (bicyclic) bond motifs is 1. The Kier molecular flexibility index (Phi) is 4.38. The van der Waals surface area contributed by atoms with E-state index in [-0.39, 0.29) is 5.91 Å². The Labute approximate surface area is 150 Å². The Morgan fingerprint density at radius 1 is 1.20 bits per heavy atom. The first-order valence-corrected chi connectivity index (χ1v) is 9.12. The Morgan fingerprint density at radius 3 is 2.72 bits per heavy atom. The minimum Gasteiger partial charge on any atom is -0.378 e. The summed E-state index contributed by atoms with van der Waals surface area (Å²) in [6.07, 6.45) is 1.80. The molecule has 3 heterocycles. The van der Waals surface area contributed by atoms with Crippen LogP contribution in [0.5, 0.6) is 0 Å². The van der Waals surface area contributed by atoms with Crippen molar-refractivity contribution in [2.75, 3.05) is 36.5 Å². The zero-order valence-electron chi connectivity index (χ0n) is 14.0. The van der Waals surface area contributed by atoms with Crippen molar-refractivity contribution in [2.45, 2.75) is 6.92 Å². The van der Waals surface area contributed by atoms with Crippen molar-refractivity contribution in [2.24, 2.45) is 0 Å². The molecule has 3 aromatic rings. The van der Waals surface area contributed by atoms with Crippen LogP contribution in [0.1, 0.15) is 15.2 Å². The third-order valence-corrected chi connectivity index (χ3v) is 5.69. The zero-order chi connectivity index (χ0) is 17.2. The van der Waals surface area contributed by atoms with Crippen molar-refractivity contribution in [1.82, 2.24) is 4.98 Å². The summed E-state index contributed by atoms with van der Waals surface area (Å²) in [5.74, 6) is 0.462. The van der Waals surface area contributed by atoms with Gasteiger partial charge in [-0.1, -0.05) is 18.2 Å². The van der Waals surface area contributed by atoms with Crippen LogP contribution in [-0.4, -0.2) is 37.2 Å². The quantitative estimate of drug-likeness (QED) is 0.780. The van der Waals surface area contributed by atoms with Gasteiger partial charge in [-0.3, -0.25) is 4.79 Å². The van der Waals surface area contributed by atoms with Crippen molar-refractivity contribution in [1.29, 1.82) is 0 Å². The molecule has 0 unspecified atom stereocenters. The number of rotatable bonds is 3. The van der Waals surface area contributed by atoms with E-state index in [1.54, 1.807) is 6.20 Å². The van der Waals surface area contributed by atoms with E-state index in [9.17, 15) is 4.79 Å². The molecule has 128 valence electrons. The van der Waals surface area contributed by atoms with Crippen LogP contribution in [0.4, 0.5) is 11.5 Å². The topological polar surface area (TPSA) is 54.5 Å². The molecule has 0 bridgehead atoms. The fourth-order valence-electron chi connectivity index (χ4n) is 3.03. The number of carbonyl (C=O) groups excluding carboxylic acids is 1. The number of ether oxygens (including phenoxy) is 1. The molecule has 5 nitrogen and oxygen atoms in total. The summed E-state index contributed by atoms with van der Waals surface area (Å²) < 4.78 is 6.49. The molecule has 0 aliphatic carbocycles. The van der Waals surface area contributed by atoms with Crippen LogP contribution < -0.4 is 10.2 Å². The second kappa shape index (κ2) is 6.82. The van der Waals surface area contributed by atoms with Gasteiger partial charge in [0.15, 0.2) is 0 Å². The van der Waals surface area contributed by atoms with Gasteiger partial charge < -0.3 is 15.0 Å². The molecular formula is C19H19N3O2S. The second-order valence-electron chi connectivity index (χ2n) is 6.01. The number of hydrogen-bond donors (Lipinski definition) is 1. The van der Waals surface area contributed by atoms with Crippen LogP contribution in [-0.2, 0) is 4.74 Å². The molecule has 1 N–H and O–H groups in total. The minimum absolute atomic E-state index is 0.106. The van der Waals surface area contributed by atoms with Gasteiger partial charge in [0.05, 0.1) is 30.0 Å². The smallest absolute Gasteiger partial charge is 0.267 e. The minimum atomic E-state index is -0.106. The lowest BCUT2D eigenvalue weighted by atomic mass is 10.1. The molecule has 4 rings (SSSR count). The van der Waals surface area contributed by atoms with Gasteiger partial charge in [0.25, 0.3) is 5.91 Å². The number of aromatic nitrogens is 1.